The molecule has 5 heteroatoms. The lowest BCUT2D eigenvalue weighted by Gasteiger charge is -2.16. The maximum Gasteiger partial charge on any atom is 0.0903 e. The quantitative estimate of drug-likeness (QED) is 0.647. The van der Waals surface area contributed by atoms with Crippen molar-refractivity contribution in [1.82, 2.24) is 15.2 Å². The van der Waals surface area contributed by atoms with Crippen LogP contribution in [0, 0.1) is 6.92 Å². The van der Waals surface area contributed by atoms with Gasteiger partial charge in [0.05, 0.1) is 11.7 Å². The summed E-state index contributed by atoms with van der Waals surface area (Å²) in [5, 5.41) is 5.06. The summed E-state index contributed by atoms with van der Waals surface area (Å²) in [5.74, 6) is 5.62. The number of benzene rings is 1. The Hall–Kier alpha value is -1.36. The van der Waals surface area contributed by atoms with E-state index in [1.165, 1.54) is 0 Å². The molecule has 0 saturated heterocycles. The van der Waals surface area contributed by atoms with E-state index in [2.05, 4.69) is 10.5 Å². The fourth-order valence-corrected chi connectivity index (χ4v) is 2.02. The van der Waals surface area contributed by atoms with E-state index in [9.17, 15) is 0 Å². The van der Waals surface area contributed by atoms with Crippen LogP contribution in [0.3, 0.4) is 0 Å². The van der Waals surface area contributed by atoms with Crippen LogP contribution >= 0.6 is 11.6 Å². The van der Waals surface area contributed by atoms with Gasteiger partial charge in [-0.25, -0.2) is 5.43 Å². The van der Waals surface area contributed by atoms with Crippen LogP contribution in [-0.2, 0) is 7.05 Å². The zero-order valence-corrected chi connectivity index (χ0v) is 10.6. The first-order valence-electron chi connectivity index (χ1n) is 5.33. The molecule has 0 amide bonds. The first kappa shape index (κ1) is 12.1. The summed E-state index contributed by atoms with van der Waals surface area (Å²) in [6.07, 6.45) is 1.89. The molecule has 17 heavy (non-hydrogen) atoms. The molecule has 0 aliphatic heterocycles. The number of rotatable bonds is 3. The van der Waals surface area contributed by atoms with Crippen molar-refractivity contribution in [2.75, 3.05) is 0 Å². The standard InChI is InChI=1S/C12H15ClN4/c1-8-3-4-9(13)7-10(8)12(15-14)11-5-6-17(2)16-11/h3-7,12,15H,14H2,1-2H3. The Kier molecular flexibility index (Phi) is 3.47. The van der Waals surface area contributed by atoms with Crippen LogP contribution < -0.4 is 11.3 Å². The second-order valence-electron chi connectivity index (χ2n) is 4.01. The molecule has 0 saturated carbocycles. The molecule has 0 radical (unpaired) electrons. The van der Waals surface area contributed by atoms with Gasteiger partial charge in [0.1, 0.15) is 0 Å². The zero-order valence-electron chi connectivity index (χ0n) is 9.81. The van der Waals surface area contributed by atoms with Crippen LogP contribution in [0.2, 0.25) is 5.02 Å². The number of nitrogens with two attached hydrogens (primary N) is 1. The van der Waals surface area contributed by atoms with E-state index >= 15 is 0 Å². The maximum absolute atomic E-state index is 6.02. The van der Waals surface area contributed by atoms with E-state index in [0.29, 0.717) is 5.02 Å². The number of nitrogens with one attached hydrogen (secondary N) is 1. The number of halogens is 1. The smallest absolute Gasteiger partial charge is 0.0903 e. The van der Waals surface area contributed by atoms with Crippen molar-refractivity contribution < 1.29 is 0 Å². The molecule has 0 spiro atoms. The van der Waals surface area contributed by atoms with E-state index in [1.54, 1.807) is 4.68 Å². The fourth-order valence-electron chi connectivity index (χ4n) is 1.84. The highest BCUT2D eigenvalue weighted by Crippen LogP contribution is 2.25. The van der Waals surface area contributed by atoms with Crippen molar-refractivity contribution in [2.45, 2.75) is 13.0 Å². The fraction of sp³-hybridized carbons (Fsp3) is 0.250. The number of nitrogens with zero attached hydrogens (tertiary/aromatic N) is 2. The first-order valence-corrected chi connectivity index (χ1v) is 5.71. The molecule has 0 bridgehead atoms. The molecule has 1 aromatic heterocycles. The van der Waals surface area contributed by atoms with Gasteiger partial charge in [0, 0.05) is 18.3 Å². The third-order valence-corrected chi connectivity index (χ3v) is 2.98. The Morgan fingerprint density at radius 2 is 2.18 bits per heavy atom. The summed E-state index contributed by atoms with van der Waals surface area (Å²) in [5.41, 5.74) is 5.83. The summed E-state index contributed by atoms with van der Waals surface area (Å²) in [6, 6.07) is 7.55. The molecular formula is C12H15ClN4. The second-order valence-corrected chi connectivity index (χ2v) is 4.45. The Balaban J connectivity index is 2.45. The van der Waals surface area contributed by atoms with Crippen molar-refractivity contribution in [3.05, 3.63) is 52.3 Å². The van der Waals surface area contributed by atoms with E-state index in [1.807, 2.05) is 44.4 Å². The first-order chi connectivity index (χ1) is 8.11. The minimum atomic E-state index is -0.144. The lowest BCUT2D eigenvalue weighted by molar-refractivity contribution is 0.601. The van der Waals surface area contributed by atoms with Crippen LogP contribution in [0.15, 0.2) is 30.5 Å². The van der Waals surface area contributed by atoms with Gasteiger partial charge in [-0.05, 0) is 36.2 Å². The van der Waals surface area contributed by atoms with Crippen LogP contribution in [0.5, 0.6) is 0 Å². The van der Waals surface area contributed by atoms with Gasteiger partial charge in [-0.3, -0.25) is 10.5 Å². The zero-order chi connectivity index (χ0) is 12.4. The number of hydrogen-bond donors (Lipinski definition) is 2. The number of hydrogen-bond acceptors (Lipinski definition) is 3. The third kappa shape index (κ3) is 2.49. The SMILES string of the molecule is Cc1ccc(Cl)cc1C(NN)c1ccn(C)n1. The van der Waals surface area contributed by atoms with E-state index in [4.69, 9.17) is 17.4 Å². The molecular weight excluding hydrogens is 236 g/mol. The summed E-state index contributed by atoms with van der Waals surface area (Å²) in [6.45, 7) is 2.03. The maximum atomic E-state index is 6.02. The lowest BCUT2D eigenvalue weighted by atomic mass is 9.99. The van der Waals surface area contributed by atoms with Gasteiger partial charge in [-0.15, -0.1) is 0 Å². The highest BCUT2D eigenvalue weighted by molar-refractivity contribution is 6.30. The van der Waals surface area contributed by atoms with Gasteiger partial charge in [0.2, 0.25) is 0 Å². The Morgan fingerprint density at radius 3 is 2.76 bits per heavy atom. The minimum Gasteiger partial charge on any atom is -0.275 e. The van der Waals surface area contributed by atoms with E-state index in [-0.39, 0.29) is 6.04 Å². The molecule has 1 unspecified atom stereocenters. The molecule has 3 N–H and O–H groups in total. The van der Waals surface area contributed by atoms with Crippen LogP contribution in [0.4, 0.5) is 0 Å². The Bertz CT molecular complexity index is 521. The lowest BCUT2D eigenvalue weighted by Crippen LogP contribution is -2.29. The molecule has 1 heterocycles. The predicted molar refractivity (Wildman–Crippen MR) is 68.6 cm³/mol. The Morgan fingerprint density at radius 1 is 1.41 bits per heavy atom. The molecule has 2 rings (SSSR count). The van der Waals surface area contributed by atoms with E-state index < -0.39 is 0 Å². The van der Waals surface area contributed by atoms with Gasteiger partial charge in [-0.2, -0.15) is 5.10 Å². The van der Waals surface area contributed by atoms with Gasteiger partial charge in [0.15, 0.2) is 0 Å². The molecule has 1 aromatic carbocycles. The minimum absolute atomic E-state index is 0.144. The van der Waals surface area contributed by atoms with Crippen LogP contribution in [0.25, 0.3) is 0 Å². The number of hydrazine groups is 1. The molecule has 0 aliphatic rings. The largest absolute Gasteiger partial charge is 0.275 e. The van der Waals surface area contributed by atoms with Crippen molar-refractivity contribution >= 4 is 11.6 Å². The van der Waals surface area contributed by atoms with Crippen LogP contribution in [0.1, 0.15) is 22.9 Å². The highest BCUT2D eigenvalue weighted by atomic mass is 35.5. The van der Waals surface area contributed by atoms with Gasteiger partial charge < -0.3 is 0 Å². The van der Waals surface area contributed by atoms with Crippen molar-refractivity contribution in [2.24, 2.45) is 12.9 Å². The molecule has 0 aliphatic carbocycles. The molecule has 0 fully saturated rings. The predicted octanol–water partition coefficient (Wildman–Crippen LogP) is 1.93. The summed E-state index contributed by atoms with van der Waals surface area (Å²) < 4.78 is 1.75. The van der Waals surface area contributed by atoms with Gasteiger partial charge in [0.25, 0.3) is 0 Å². The molecule has 1 atom stereocenters. The molecule has 2 aromatic rings. The van der Waals surface area contributed by atoms with Gasteiger partial charge in [-0.1, -0.05) is 17.7 Å². The average Bonchev–Trinajstić information content (AvgIpc) is 2.71. The molecule has 90 valence electrons. The highest BCUT2D eigenvalue weighted by Gasteiger charge is 2.17. The van der Waals surface area contributed by atoms with Crippen molar-refractivity contribution in [3.63, 3.8) is 0 Å². The Labute approximate surface area is 105 Å². The van der Waals surface area contributed by atoms with Gasteiger partial charge >= 0.3 is 0 Å². The van der Waals surface area contributed by atoms with E-state index in [0.717, 1.165) is 16.8 Å². The van der Waals surface area contributed by atoms with Crippen molar-refractivity contribution in [1.29, 1.82) is 0 Å². The summed E-state index contributed by atoms with van der Waals surface area (Å²) in [4.78, 5) is 0. The number of aromatic nitrogens is 2. The van der Waals surface area contributed by atoms with Crippen molar-refractivity contribution in [3.8, 4) is 0 Å². The normalized spacial score (nSPS) is 12.7. The summed E-state index contributed by atoms with van der Waals surface area (Å²) in [7, 11) is 1.88. The monoisotopic (exact) mass is 250 g/mol. The number of aryl methyl sites for hydroxylation is 2. The third-order valence-electron chi connectivity index (χ3n) is 2.75. The average molecular weight is 251 g/mol. The topological polar surface area (TPSA) is 55.9 Å². The van der Waals surface area contributed by atoms with Crippen LogP contribution in [-0.4, -0.2) is 9.78 Å². The summed E-state index contributed by atoms with van der Waals surface area (Å²) >= 11 is 6.02. The molecule has 4 nitrogen and oxygen atoms in total. The second kappa shape index (κ2) is 4.87.